The van der Waals surface area contributed by atoms with Gasteiger partial charge in [0.05, 0.1) is 26.0 Å². The number of nitrogens with zero attached hydrogens (tertiary/aromatic N) is 1. The maximum absolute atomic E-state index is 12.3. The Morgan fingerprint density at radius 1 is 1.14 bits per heavy atom. The minimum atomic E-state index is 0.0866. The smallest absolute Gasteiger partial charge is 0.223 e. The highest BCUT2D eigenvalue weighted by atomic mass is 16.5. The molecule has 1 rings (SSSR count). The summed E-state index contributed by atoms with van der Waals surface area (Å²) in [4.78, 5) is 14.1. The fourth-order valence-corrected chi connectivity index (χ4v) is 2.11. The molecule has 0 aliphatic rings. The number of amides is 1. The lowest BCUT2D eigenvalue weighted by atomic mass is 10.1. The molecular formula is C16H26N2O4. The van der Waals surface area contributed by atoms with E-state index in [2.05, 4.69) is 0 Å². The van der Waals surface area contributed by atoms with Crippen molar-refractivity contribution in [2.75, 3.05) is 53.4 Å². The average molecular weight is 310 g/mol. The lowest BCUT2D eigenvalue weighted by Gasteiger charge is -2.22. The van der Waals surface area contributed by atoms with E-state index in [-0.39, 0.29) is 5.91 Å². The summed E-state index contributed by atoms with van der Waals surface area (Å²) >= 11 is 0. The van der Waals surface area contributed by atoms with Crippen LogP contribution in [0.3, 0.4) is 0 Å². The molecule has 0 aromatic heterocycles. The zero-order chi connectivity index (χ0) is 16.4. The van der Waals surface area contributed by atoms with Gasteiger partial charge in [0.15, 0.2) is 0 Å². The van der Waals surface area contributed by atoms with Gasteiger partial charge in [-0.1, -0.05) is 6.07 Å². The maximum Gasteiger partial charge on any atom is 0.223 e. The van der Waals surface area contributed by atoms with Gasteiger partial charge in [0, 0.05) is 33.7 Å². The van der Waals surface area contributed by atoms with Crippen molar-refractivity contribution in [3.05, 3.63) is 23.8 Å². The van der Waals surface area contributed by atoms with Crippen LogP contribution in [0.2, 0.25) is 0 Å². The Morgan fingerprint density at radius 3 is 2.27 bits per heavy atom. The number of benzene rings is 1. The van der Waals surface area contributed by atoms with Crippen LogP contribution in [0.5, 0.6) is 5.75 Å². The van der Waals surface area contributed by atoms with Gasteiger partial charge in [0.2, 0.25) is 5.91 Å². The summed E-state index contributed by atoms with van der Waals surface area (Å²) < 4.78 is 15.2. The molecule has 6 heteroatoms. The highest BCUT2D eigenvalue weighted by Gasteiger charge is 2.13. The Morgan fingerprint density at radius 2 is 1.77 bits per heavy atom. The molecule has 6 nitrogen and oxygen atoms in total. The highest BCUT2D eigenvalue weighted by Crippen LogP contribution is 2.22. The number of methoxy groups -OCH3 is 3. The molecule has 0 saturated carbocycles. The first-order chi connectivity index (χ1) is 10.6. The van der Waals surface area contributed by atoms with E-state index in [0.717, 1.165) is 5.56 Å². The second kappa shape index (κ2) is 10.0. The van der Waals surface area contributed by atoms with Gasteiger partial charge in [-0.2, -0.15) is 0 Å². The average Bonchev–Trinajstić information content (AvgIpc) is 2.53. The van der Waals surface area contributed by atoms with Crippen LogP contribution in [0.1, 0.15) is 12.0 Å². The molecule has 22 heavy (non-hydrogen) atoms. The first-order valence-electron chi connectivity index (χ1n) is 7.30. The fourth-order valence-electron chi connectivity index (χ4n) is 2.11. The highest BCUT2D eigenvalue weighted by molar-refractivity contribution is 5.76. The number of anilines is 1. The predicted octanol–water partition coefficient (Wildman–Crippen LogP) is 1.33. The van der Waals surface area contributed by atoms with Crippen LogP contribution in [-0.4, -0.2) is 58.4 Å². The summed E-state index contributed by atoms with van der Waals surface area (Å²) in [5, 5.41) is 0. The first-order valence-corrected chi connectivity index (χ1v) is 7.30. The molecule has 0 bridgehead atoms. The summed E-state index contributed by atoms with van der Waals surface area (Å²) in [7, 11) is 4.83. The third-order valence-electron chi connectivity index (χ3n) is 3.41. The molecule has 0 radical (unpaired) electrons. The number of carbonyl (C=O) groups excluding carboxylic acids is 1. The molecule has 0 aliphatic heterocycles. The third-order valence-corrected chi connectivity index (χ3v) is 3.41. The Hall–Kier alpha value is -1.79. The van der Waals surface area contributed by atoms with E-state index in [0.29, 0.717) is 50.6 Å². The van der Waals surface area contributed by atoms with Crippen molar-refractivity contribution < 1.29 is 19.0 Å². The molecule has 0 saturated heterocycles. The topological polar surface area (TPSA) is 74.0 Å². The minimum absolute atomic E-state index is 0.0866. The van der Waals surface area contributed by atoms with Crippen LogP contribution in [0.4, 0.5) is 5.69 Å². The Balaban J connectivity index is 2.55. The normalized spacial score (nSPS) is 10.5. The lowest BCUT2D eigenvalue weighted by Crippen LogP contribution is -2.36. The second-order valence-corrected chi connectivity index (χ2v) is 4.94. The van der Waals surface area contributed by atoms with E-state index < -0.39 is 0 Å². The molecule has 0 fully saturated rings. The second-order valence-electron chi connectivity index (χ2n) is 4.94. The van der Waals surface area contributed by atoms with Crippen molar-refractivity contribution in [2.24, 2.45) is 0 Å². The van der Waals surface area contributed by atoms with E-state index in [4.69, 9.17) is 19.9 Å². The lowest BCUT2D eigenvalue weighted by molar-refractivity contribution is -0.132. The Bertz CT molecular complexity index is 457. The van der Waals surface area contributed by atoms with Gasteiger partial charge >= 0.3 is 0 Å². The molecule has 0 atom stereocenters. The number of aryl methyl sites for hydroxylation is 1. The van der Waals surface area contributed by atoms with E-state index in [1.807, 2.05) is 18.2 Å². The minimum Gasteiger partial charge on any atom is -0.495 e. The van der Waals surface area contributed by atoms with Crippen molar-refractivity contribution in [1.82, 2.24) is 4.90 Å². The van der Waals surface area contributed by atoms with Crippen LogP contribution >= 0.6 is 0 Å². The zero-order valence-corrected chi connectivity index (χ0v) is 13.6. The van der Waals surface area contributed by atoms with Crippen molar-refractivity contribution in [3.63, 3.8) is 0 Å². The van der Waals surface area contributed by atoms with Crippen LogP contribution in [0.15, 0.2) is 18.2 Å². The van der Waals surface area contributed by atoms with Gasteiger partial charge in [-0.3, -0.25) is 4.79 Å². The maximum atomic E-state index is 12.3. The fraction of sp³-hybridized carbons (Fsp3) is 0.562. The molecule has 1 amide bonds. The Labute approximate surface area is 132 Å². The van der Waals surface area contributed by atoms with Crippen LogP contribution in [0.25, 0.3) is 0 Å². The summed E-state index contributed by atoms with van der Waals surface area (Å²) in [5.41, 5.74) is 7.48. The standard InChI is InChI=1S/C16H26N2O4/c1-20-10-8-18(9-11-21-2)16(19)7-5-13-4-6-15(22-3)14(17)12-13/h4,6,12H,5,7-11,17H2,1-3H3. The molecule has 1 aromatic carbocycles. The number of nitrogens with two attached hydrogens (primary N) is 1. The quantitative estimate of drug-likeness (QED) is 0.660. The van der Waals surface area contributed by atoms with Crippen LogP contribution in [0, 0.1) is 0 Å². The predicted molar refractivity (Wildman–Crippen MR) is 86.1 cm³/mol. The zero-order valence-electron chi connectivity index (χ0n) is 13.6. The van der Waals surface area contributed by atoms with Crippen molar-refractivity contribution in [3.8, 4) is 5.75 Å². The van der Waals surface area contributed by atoms with E-state index in [9.17, 15) is 4.79 Å². The number of carbonyl (C=O) groups is 1. The monoisotopic (exact) mass is 310 g/mol. The first kappa shape index (κ1) is 18.3. The van der Waals surface area contributed by atoms with Crippen molar-refractivity contribution >= 4 is 11.6 Å². The van der Waals surface area contributed by atoms with Gasteiger partial charge in [-0.25, -0.2) is 0 Å². The molecule has 0 heterocycles. The number of nitrogen functional groups attached to an aromatic ring is 1. The summed E-state index contributed by atoms with van der Waals surface area (Å²) in [6.07, 6.45) is 1.07. The molecule has 0 spiro atoms. The summed E-state index contributed by atoms with van der Waals surface area (Å²) in [6, 6.07) is 5.60. The van der Waals surface area contributed by atoms with Crippen molar-refractivity contribution in [2.45, 2.75) is 12.8 Å². The summed E-state index contributed by atoms with van der Waals surface area (Å²) in [6.45, 7) is 2.18. The van der Waals surface area contributed by atoms with Gasteiger partial charge in [0.25, 0.3) is 0 Å². The van der Waals surface area contributed by atoms with Gasteiger partial charge in [-0.05, 0) is 24.1 Å². The molecule has 0 unspecified atom stereocenters. The number of hydrogen-bond donors (Lipinski definition) is 1. The van der Waals surface area contributed by atoms with Crippen molar-refractivity contribution in [1.29, 1.82) is 0 Å². The summed E-state index contributed by atoms with van der Waals surface area (Å²) in [5.74, 6) is 0.736. The van der Waals surface area contributed by atoms with Gasteiger partial charge in [-0.15, -0.1) is 0 Å². The largest absolute Gasteiger partial charge is 0.495 e. The van der Waals surface area contributed by atoms with E-state index in [1.165, 1.54) is 0 Å². The van der Waals surface area contributed by atoms with Crippen LogP contribution in [-0.2, 0) is 20.7 Å². The molecule has 2 N–H and O–H groups in total. The molecule has 1 aromatic rings. The molecular weight excluding hydrogens is 284 g/mol. The molecule has 0 aliphatic carbocycles. The number of ether oxygens (including phenoxy) is 3. The molecule has 124 valence electrons. The number of hydrogen-bond acceptors (Lipinski definition) is 5. The number of rotatable bonds is 10. The van der Waals surface area contributed by atoms with Crippen LogP contribution < -0.4 is 10.5 Å². The van der Waals surface area contributed by atoms with E-state index >= 15 is 0 Å². The SMILES string of the molecule is COCCN(CCOC)C(=O)CCc1ccc(OC)c(N)c1. The third kappa shape index (κ3) is 5.91. The van der Waals surface area contributed by atoms with Gasteiger partial charge < -0.3 is 24.8 Å². The Kier molecular flexibility index (Phi) is 8.32. The van der Waals surface area contributed by atoms with Gasteiger partial charge in [0.1, 0.15) is 5.75 Å². The van der Waals surface area contributed by atoms with E-state index in [1.54, 1.807) is 26.2 Å².